The van der Waals surface area contributed by atoms with Crippen molar-refractivity contribution < 1.29 is 0 Å². The summed E-state index contributed by atoms with van der Waals surface area (Å²) in [7, 11) is 3.89. The van der Waals surface area contributed by atoms with Crippen molar-refractivity contribution in [3.8, 4) is 0 Å². The van der Waals surface area contributed by atoms with Crippen LogP contribution >= 0.6 is 15.9 Å². The summed E-state index contributed by atoms with van der Waals surface area (Å²) in [4.78, 5) is 10.9. The van der Waals surface area contributed by atoms with Gasteiger partial charge in [0.1, 0.15) is 17.5 Å². The molecule has 1 heterocycles. The summed E-state index contributed by atoms with van der Waals surface area (Å²) < 4.78 is 1.09. The van der Waals surface area contributed by atoms with Gasteiger partial charge in [-0.15, -0.1) is 0 Å². The second-order valence-electron chi connectivity index (χ2n) is 4.39. The number of hydrogen-bond donors (Lipinski definition) is 1. The van der Waals surface area contributed by atoms with E-state index in [1.165, 1.54) is 5.56 Å². The van der Waals surface area contributed by atoms with E-state index < -0.39 is 0 Å². The fraction of sp³-hybridized carbons (Fsp3) is 0.286. The van der Waals surface area contributed by atoms with Gasteiger partial charge < -0.3 is 10.2 Å². The minimum absolute atomic E-state index is 0.768. The molecule has 0 aliphatic heterocycles. The third-order valence-electron chi connectivity index (χ3n) is 2.80. The molecule has 0 atom stereocenters. The van der Waals surface area contributed by atoms with Gasteiger partial charge >= 0.3 is 0 Å². The van der Waals surface area contributed by atoms with Gasteiger partial charge in [0, 0.05) is 31.2 Å². The van der Waals surface area contributed by atoms with Crippen molar-refractivity contribution in [1.29, 1.82) is 0 Å². The Labute approximate surface area is 122 Å². The molecule has 2 rings (SSSR count). The number of rotatable bonds is 4. The van der Waals surface area contributed by atoms with Gasteiger partial charge in [0.15, 0.2) is 0 Å². The van der Waals surface area contributed by atoms with Gasteiger partial charge in [-0.25, -0.2) is 9.97 Å². The lowest BCUT2D eigenvalue weighted by molar-refractivity contribution is 0.880. The average Bonchev–Trinajstić information content (AvgIpc) is 2.40. The molecular weight excluding hydrogens is 304 g/mol. The van der Waals surface area contributed by atoms with Crippen LogP contribution < -0.4 is 10.2 Å². The third-order valence-corrected chi connectivity index (χ3v) is 3.33. The summed E-state index contributed by atoms with van der Waals surface area (Å²) in [6.45, 7) is 2.71. The molecule has 4 nitrogen and oxygen atoms in total. The van der Waals surface area contributed by atoms with E-state index in [1.807, 2.05) is 39.2 Å². The average molecular weight is 321 g/mol. The summed E-state index contributed by atoms with van der Waals surface area (Å²) in [6.07, 6.45) is 0. The lowest BCUT2D eigenvalue weighted by Gasteiger charge is -2.19. The van der Waals surface area contributed by atoms with Crippen LogP contribution in [0.15, 0.2) is 34.8 Å². The highest BCUT2D eigenvalue weighted by molar-refractivity contribution is 9.10. The van der Waals surface area contributed by atoms with E-state index in [0.29, 0.717) is 0 Å². The van der Waals surface area contributed by atoms with Crippen LogP contribution in [-0.2, 0) is 6.54 Å². The van der Waals surface area contributed by atoms with Crippen molar-refractivity contribution in [3.05, 3.63) is 46.2 Å². The molecule has 1 aromatic heterocycles. The highest BCUT2D eigenvalue weighted by Gasteiger charge is 2.06. The molecule has 1 aromatic carbocycles. The summed E-state index contributed by atoms with van der Waals surface area (Å²) in [6, 6.07) is 10.3. The van der Waals surface area contributed by atoms with Crippen LogP contribution in [-0.4, -0.2) is 24.1 Å². The molecule has 0 radical (unpaired) electrons. The zero-order valence-electron chi connectivity index (χ0n) is 11.3. The molecule has 100 valence electrons. The maximum atomic E-state index is 4.46. The first-order chi connectivity index (χ1) is 9.08. The van der Waals surface area contributed by atoms with Crippen LogP contribution in [0, 0.1) is 6.92 Å². The summed E-state index contributed by atoms with van der Waals surface area (Å²) in [5.41, 5.74) is 1.24. The Bertz CT molecular complexity index is 554. The summed E-state index contributed by atoms with van der Waals surface area (Å²) in [5.74, 6) is 2.52. The van der Waals surface area contributed by atoms with Crippen LogP contribution in [0.5, 0.6) is 0 Å². The Balaban J connectivity index is 2.17. The fourth-order valence-electron chi connectivity index (χ4n) is 1.82. The molecule has 0 fully saturated rings. The van der Waals surface area contributed by atoms with Gasteiger partial charge in [-0.05, 0) is 24.6 Å². The van der Waals surface area contributed by atoms with Gasteiger partial charge in [-0.3, -0.25) is 0 Å². The standard InChI is InChI=1S/C14H17BrN4/c1-10-17-13(16-2)8-14(18-10)19(3)9-11-4-6-12(15)7-5-11/h4-8H,9H2,1-3H3,(H,16,17,18). The quantitative estimate of drug-likeness (QED) is 0.939. The van der Waals surface area contributed by atoms with Crippen LogP contribution in [0.25, 0.3) is 0 Å². The van der Waals surface area contributed by atoms with Gasteiger partial charge in [-0.1, -0.05) is 28.1 Å². The van der Waals surface area contributed by atoms with E-state index in [2.05, 4.69) is 48.2 Å². The molecule has 0 bridgehead atoms. The number of nitrogens with one attached hydrogen (secondary N) is 1. The zero-order valence-corrected chi connectivity index (χ0v) is 12.9. The van der Waals surface area contributed by atoms with Crippen LogP contribution in [0.1, 0.15) is 11.4 Å². The number of aromatic nitrogens is 2. The predicted octanol–water partition coefficient (Wildman–Crippen LogP) is 3.23. The Kier molecular flexibility index (Phi) is 4.37. The van der Waals surface area contributed by atoms with E-state index in [-0.39, 0.29) is 0 Å². The molecule has 19 heavy (non-hydrogen) atoms. The first-order valence-electron chi connectivity index (χ1n) is 6.07. The molecule has 0 aliphatic carbocycles. The van der Waals surface area contributed by atoms with Crippen molar-refractivity contribution in [3.63, 3.8) is 0 Å². The Morgan fingerprint density at radius 2 is 1.89 bits per heavy atom. The number of anilines is 2. The SMILES string of the molecule is CNc1cc(N(C)Cc2ccc(Br)cc2)nc(C)n1. The maximum Gasteiger partial charge on any atom is 0.134 e. The number of halogens is 1. The molecule has 1 N–H and O–H groups in total. The van der Waals surface area contributed by atoms with E-state index >= 15 is 0 Å². The third kappa shape index (κ3) is 3.67. The van der Waals surface area contributed by atoms with Crippen molar-refractivity contribution >= 4 is 27.6 Å². The first kappa shape index (κ1) is 13.8. The van der Waals surface area contributed by atoms with Gasteiger partial charge in [-0.2, -0.15) is 0 Å². The Morgan fingerprint density at radius 3 is 2.53 bits per heavy atom. The van der Waals surface area contributed by atoms with Gasteiger partial charge in [0.25, 0.3) is 0 Å². The van der Waals surface area contributed by atoms with Crippen molar-refractivity contribution in [2.24, 2.45) is 0 Å². The normalized spacial score (nSPS) is 10.3. The van der Waals surface area contributed by atoms with Crippen LogP contribution in [0.2, 0.25) is 0 Å². The van der Waals surface area contributed by atoms with E-state index in [1.54, 1.807) is 0 Å². The smallest absolute Gasteiger partial charge is 0.134 e. The van der Waals surface area contributed by atoms with Crippen LogP contribution in [0.3, 0.4) is 0 Å². The van der Waals surface area contributed by atoms with Crippen molar-refractivity contribution in [1.82, 2.24) is 9.97 Å². The number of nitrogens with zero attached hydrogens (tertiary/aromatic N) is 3. The molecule has 5 heteroatoms. The van der Waals surface area contributed by atoms with Gasteiger partial charge in [0.05, 0.1) is 0 Å². The molecule has 0 unspecified atom stereocenters. The molecule has 0 aliphatic rings. The molecule has 0 saturated heterocycles. The highest BCUT2D eigenvalue weighted by Crippen LogP contribution is 2.17. The second-order valence-corrected chi connectivity index (χ2v) is 5.31. The number of hydrogen-bond acceptors (Lipinski definition) is 4. The maximum absolute atomic E-state index is 4.46. The molecular formula is C14H17BrN4. The Morgan fingerprint density at radius 1 is 1.21 bits per heavy atom. The van der Waals surface area contributed by atoms with Crippen molar-refractivity contribution in [2.45, 2.75) is 13.5 Å². The second kappa shape index (κ2) is 6.02. The minimum Gasteiger partial charge on any atom is -0.373 e. The van der Waals surface area contributed by atoms with Gasteiger partial charge in [0.2, 0.25) is 0 Å². The van der Waals surface area contributed by atoms with Crippen LogP contribution in [0.4, 0.5) is 11.6 Å². The fourth-order valence-corrected chi connectivity index (χ4v) is 2.08. The molecule has 0 amide bonds. The number of aryl methyl sites for hydroxylation is 1. The first-order valence-corrected chi connectivity index (χ1v) is 6.87. The monoisotopic (exact) mass is 320 g/mol. The minimum atomic E-state index is 0.768. The lowest BCUT2D eigenvalue weighted by atomic mass is 10.2. The lowest BCUT2D eigenvalue weighted by Crippen LogP contribution is -2.18. The molecule has 2 aromatic rings. The summed E-state index contributed by atoms with van der Waals surface area (Å²) >= 11 is 3.44. The zero-order chi connectivity index (χ0) is 13.8. The number of benzene rings is 1. The molecule has 0 saturated carbocycles. The largest absolute Gasteiger partial charge is 0.373 e. The topological polar surface area (TPSA) is 41.0 Å². The summed E-state index contributed by atoms with van der Waals surface area (Å²) in [5, 5.41) is 3.05. The predicted molar refractivity (Wildman–Crippen MR) is 82.6 cm³/mol. The van der Waals surface area contributed by atoms with E-state index in [4.69, 9.17) is 0 Å². The van der Waals surface area contributed by atoms with E-state index in [0.717, 1.165) is 28.5 Å². The molecule has 0 spiro atoms. The van der Waals surface area contributed by atoms with Crippen molar-refractivity contribution in [2.75, 3.05) is 24.3 Å². The highest BCUT2D eigenvalue weighted by atomic mass is 79.9. The Hall–Kier alpha value is -1.62. The van der Waals surface area contributed by atoms with E-state index in [9.17, 15) is 0 Å².